The molecular weight excluding hydrogens is 340 g/mol. The van der Waals surface area contributed by atoms with Crippen molar-refractivity contribution in [2.24, 2.45) is 0 Å². The fourth-order valence-corrected chi connectivity index (χ4v) is 3.17. The number of para-hydroxylation sites is 2. The fourth-order valence-electron chi connectivity index (χ4n) is 3.17. The molecule has 1 aliphatic heterocycles. The summed E-state index contributed by atoms with van der Waals surface area (Å²) in [6, 6.07) is 26.1. The molecule has 0 saturated heterocycles. The Morgan fingerprint density at radius 2 is 1.52 bits per heavy atom. The van der Waals surface area contributed by atoms with Gasteiger partial charge in [0.15, 0.2) is 0 Å². The SMILES string of the molecule is O=C(Nc1ccccc1)O[C@H]1C(=O)N(Cc2ccccc2)c2ccccc21. The van der Waals surface area contributed by atoms with E-state index in [0.717, 1.165) is 11.3 Å². The van der Waals surface area contributed by atoms with E-state index < -0.39 is 12.2 Å². The lowest BCUT2D eigenvalue weighted by molar-refractivity contribution is -0.125. The van der Waals surface area contributed by atoms with Crippen molar-refractivity contribution < 1.29 is 14.3 Å². The number of nitrogens with zero attached hydrogens (tertiary/aromatic N) is 1. The number of rotatable bonds is 4. The molecule has 27 heavy (non-hydrogen) atoms. The molecule has 3 aromatic carbocycles. The van der Waals surface area contributed by atoms with Crippen molar-refractivity contribution in [1.82, 2.24) is 0 Å². The van der Waals surface area contributed by atoms with Crippen molar-refractivity contribution in [2.45, 2.75) is 12.6 Å². The van der Waals surface area contributed by atoms with Crippen LogP contribution in [-0.4, -0.2) is 12.0 Å². The third kappa shape index (κ3) is 3.53. The van der Waals surface area contributed by atoms with Crippen LogP contribution in [-0.2, 0) is 16.1 Å². The van der Waals surface area contributed by atoms with Crippen LogP contribution in [0.25, 0.3) is 0 Å². The van der Waals surface area contributed by atoms with E-state index in [4.69, 9.17) is 4.74 Å². The number of ether oxygens (including phenoxy) is 1. The number of nitrogens with one attached hydrogen (secondary N) is 1. The van der Waals surface area contributed by atoms with Gasteiger partial charge in [-0.2, -0.15) is 0 Å². The minimum absolute atomic E-state index is 0.247. The highest BCUT2D eigenvalue weighted by Gasteiger charge is 2.39. The molecule has 0 radical (unpaired) electrons. The number of hydrogen-bond donors (Lipinski definition) is 1. The molecule has 1 heterocycles. The summed E-state index contributed by atoms with van der Waals surface area (Å²) in [6.45, 7) is 0.427. The largest absolute Gasteiger partial charge is 0.431 e. The molecule has 1 aliphatic rings. The van der Waals surface area contributed by atoms with Crippen LogP contribution < -0.4 is 10.2 Å². The molecule has 0 fully saturated rings. The normalized spacial score (nSPS) is 15.3. The lowest BCUT2D eigenvalue weighted by Gasteiger charge is -2.18. The van der Waals surface area contributed by atoms with Gasteiger partial charge in [-0.3, -0.25) is 10.1 Å². The number of fused-ring (bicyclic) bond motifs is 1. The molecule has 0 aliphatic carbocycles. The van der Waals surface area contributed by atoms with Crippen LogP contribution in [0, 0.1) is 0 Å². The van der Waals surface area contributed by atoms with Crippen molar-refractivity contribution in [3.63, 3.8) is 0 Å². The van der Waals surface area contributed by atoms with Crippen molar-refractivity contribution in [3.05, 3.63) is 96.1 Å². The van der Waals surface area contributed by atoms with E-state index >= 15 is 0 Å². The van der Waals surface area contributed by atoms with E-state index in [1.165, 1.54) is 0 Å². The van der Waals surface area contributed by atoms with Crippen molar-refractivity contribution in [2.75, 3.05) is 10.2 Å². The zero-order valence-electron chi connectivity index (χ0n) is 14.5. The van der Waals surface area contributed by atoms with Gasteiger partial charge in [0.2, 0.25) is 6.10 Å². The van der Waals surface area contributed by atoms with Gasteiger partial charge in [0.25, 0.3) is 5.91 Å². The van der Waals surface area contributed by atoms with Gasteiger partial charge in [-0.15, -0.1) is 0 Å². The maximum Gasteiger partial charge on any atom is 0.412 e. The van der Waals surface area contributed by atoms with Crippen LogP contribution in [0.15, 0.2) is 84.9 Å². The van der Waals surface area contributed by atoms with E-state index in [9.17, 15) is 9.59 Å². The van der Waals surface area contributed by atoms with Gasteiger partial charge in [-0.25, -0.2) is 4.79 Å². The molecular formula is C22H18N2O3. The van der Waals surface area contributed by atoms with Crippen LogP contribution >= 0.6 is 0 Å². The van der Waals surface area contributed by atoms with E-state index in [1.807, 2.05) is 72.8 Å². The first-order valence-electron chi connectivity index (χ1n) is 8.69. The summed E-state index contributed by atoms with van der Waals surface area (Å²) in [4.78, 5) is 26.9. The Kier molecular flexibility index (Phi) is 4.58. The maximum absolute atomic E-state index is 13.0. The molecule has 4 rings (SSSR count). The molecule has 0 aromatic heterocycles. The second kappa shape index (κ2) is 7.33. The average Bonchev–Trinajstić information content (AvgIpc) is 2.95. The van der Waals surface area contributed by atoms with Crippen LogP contribution in [0.3, 0.4) is 0 Å². The quantitative estimate of drug-likeness (QED) is 0.746. The van der Waals surface area contributed by atoms with Gasteiger partial charge < -0.3 is 9.64 Å². The highest BCUT2D eigenvalue weighted by molar-refractivity contribution is 6.05. The number of carbonyl (C=O) groups excluding carboxylic acids is 2. The summed E-state index contributed by atoms with van der Waals surface area (Å²) in [6.07, 6.45) is -1.61. The predicted molar refractivity (Wildman–Crippen MR) is 103 cm³/mol. The molecule has 5 heteroatoms. The number of amides is 2. The van der Waals surface area contributed by atoms with Gasteiger partial charge in [0.1, 0.15) is 0 Å². The number of hydrogen-bond acceptors (Lipinski definition) is 3. The maximum atomic E-state index is 13.0. The Morgan fingerprint density at radius 1 is 0.889 bits per heavy atom. The molecule has 0 saturated carbocycles. The molecule has 0 spiro atoms. The molecule has 2 amide bonds. The van der Waals surface area contributed by atoms with Crippen molar-refractivity contribution >= 4 is 23.4 Å². The lowest BCUT2D eigenvalue weighted by atomic mass is 10.1. The average molecular weight is 358 g/mol. The molecule has 0 unspecified atom stereocenters. The fraction of sp³-hybridized carbons (Fsp3) is 0.0909. The van der Waals surface area contributed by atoms with Gasteiger partial charge in [0.05, 0.1) is 12.2 Å². The molecule has 1 N–H and O–H groups in total. The predicted octanol–water partition coefficient (Wildman–Crippen LogP) is 4.52. The third-order valence-corrected chi connectivity index (χ3v) is 4.43. The minimum atomic E-state index is -0.950. The minimum Gasteiger partial charge on any atom is -0.431 e. The Bertz CT molecular complexity index is 958. The van der Waals surface area contributed by atoms with Gasteiger partial charge >= 0.3 is 6.09 Å². The van der Waals surface area contributed by atoms with Crippen molar-refractivity contribution in [3.8, 4) is 0 Å². The first kappa shape index (κ1) is 16.8. The highest BCUT2D eigenvalue weighted by atomic mass is 16.6. The molecule has 3 aromatic rings. The summed E-state index contributed by atoms with van der Waals surface area (Å²) in [5.74, 6) is -0.247. The van der Waals surface area contributed by atoms with E-state index in [0.29, 0.717) is 17.8 Å². The smallest absolute Gasteiger partial charge is 0.412 e. The number of anilines is 2. The van der Waals surface area contributed by atoms with Crippen LogP contribution in [0.2, 0.25) is 0 Å². The van der Waals surface area contributed by atoms with Crippen LogP contribution in [0.1, 0.15) is 17.2 Å². The van der Waals surface area contributed by atoms with Crippen LogP contribution in [0.4, 0.5) is 16.2 Å². The van der Waals surface area contributed by atoms with Gasteiger partial charge in [0, 0.05) is 11.3 Å². The second-order valence-corrected chi connectivity index (χ2v) is 6.25. The van der Waals surface area contributed by atoms with Crippen LogP contribution in [0.5, 0.6) is 0 Å². The summed E-state index contributed by atoms with van der Waals surface area (Å²) in [5.41, 5.74) is 3.09. The summed E-state index contributed by atoms with van der Waals surface area (Å²) < 4.78 is 5.48. The Hall–Kier alpha value is -3.60. The Balaban J connectivity index is 1.55. The number of carbonyl (C=O) groups is 2. The van der Waals surface area contributed by atoms with Gasteiger partial charge in [-0.1, -0.05) is 66.7 Å². The number of benzene rings is 3. The molecule has 1 atom stereocenters. The summed E-state index contributed by atoms with van der Waals surface area (Å²) in [5, 5.41) is 2.65. The van der Waals surface area contributed by atoms with Crippen molar-refractivity contribution in [1.29, 1.82) is 0 Å². The topological polar surface area (TPSA) is 58.6 Å². The molecule has 134 valence electrons. The zero-order chi connectivity index (χ0) is 18.6. The summed E-state index contributed by atoms with van der Waals surface area (Å²) in [7, 11) is 0. The van der Waals surface area contributed by atoms with E-state index in [1.54, 1.807) is 17.0 Å². The first-order valence-corrected chi connectivity index (χ1v) is 8.69. The molecule has 5 nitrogen and oxygen atoms in total. The van der Waals surface area contributed by atoms with E-state index in [2.05, 4.69) is 5.32 Å². The Labute approximate surface area is 157 Å². The Morgan fingerprint density at radius 3 is 2.26 bits per heavy atom. The standard InChI is InChI=1S/C22H18N2O3/c25-21-20(27-22(26)23-17-11-5-2-6-12-17)18-13-7-8-14-19(18)24(21)15-16-9-3-1-4-10-16/h1-14,20H,15H2,(H,23,26)/t20-/m1/s1. The molecule has 0 bridgehead atoms. The monoisotopic (exact) mass is 358 g/mol. The lowest BCUT2D eigenvalue weighted by Crippen LogP contribution is -2.30. The van der Waals surface area contributed by atoms with E-state index in [-0.39, 0.29) is 5.91 Å². The first-order chi connectivity index (χ1) is 13.2. The summed E-state index contributed by atoms with van der Waals surface area (Å²) >= 11 is 0. The third-order valence-electron chi connectivity index (χ3n) is 4.43. The van der Waals surface area contributed by atoms with Gasteiger partial charge in [-0.05, 0) is 23.8 Å². The second-order valence-electron chi connectivity index (χ2n) is 6.25. The highest BCUT2D eigenvalue weighted by Crippen LogP contribution is 2.38. The zero-order valence-corrected chi connectivity index (χ0v) is 14.5.